The molecular formula is C18H24BrIN4O. The summed E-state index contributed by atoms with van der Waals surface area (Å²) in [4.78, 5) is 4.32. The maximum Gasteiger partial charge on any atom is 0.191 e. The minimum atomic E-state index is 0. The number of aryl methyl sites for hydroxylation is 2. The molecule has 1 aliphatic rings. The Hall–Kier alpha value is -1.09. The molecule has 3 rings (SSSR count). The molecule has 25 heavy (non-hydrogen) atoms. The summed E-state index contributed by atoms with van der Waals surface area (Å²) in [7, 11) is 1.79. The zero-order chi connectivity index (χ0) is 17.2. The van der Waals surface area contributed by atoms with Gasteiger partial charge in [0.25, 0.3) is 0 Å². The van der Waals surface area contributed by atoms with Crippen LogP contribution < -0.4 is 10.6 Å². The molecule has 0 spiro atoms. The van der Waals surface area contributed by atoms with Crippen LogP contribution in [0.2, 0.25) is 0 Å². The van der Waals surface area contributed by atoms with Crippen LogP contribution in [0, 0.1) is 13.8 Å². The molecule has 2 N–H and O–H groups in total. The highest BCUT2D eigenvalue weighted by atomic mass is 127. The fourth-order valence-corrected chi connectivity index (χ4v) is 3.34. The minimum absolute atomic E-state index is 0. The van der Waals surface area contributed by atoms with Crippen molar-refractivity contribution in [1.29, 1.82) is 0 Å². The first kappa shape index (κ1) is 20.2. The van der Waals surface area contributed by atoms with Crippen LogP contribution in [0.5, 0.6) is 0 Å². The highest BCUT2D eigenvalue weighted by Gasteiger charge is 2.44. The second-order valence-corrected chi connectivity index (χ2v) is 7.29. The molecule has 1 aromatic carbocycles. The molecular weight excluding hydrogens is 495 g/mol. The number of rotatable bonds is 5. The number of guanidine groups is 1. The molecule has 0 bridgehead atoms. The number of aliphatic imine (C=N–C) groups is 1. The Morgan fingerprint density at radius 1 is 1.32 bits per heavy atom. The van der Waals surface area contributed by atoms with Crippen molar-refractivity contribution in [3.8, 4) is 0 Å². The Morgan fingerprint density at radius 3 is 2.64 bits per heavy atom. The lowest BCUT2D eigenvalue weighted by Gasteiger charge is -2.19. The Kier molecular flexibility index (Phi) is 6.90. The Bertz CT molecular complexity index is 736. The van der Waals surface area contributed by atoms with Crippen molar-refractivity contribution in [2.24, 2.45) is 4.99 Å². The van der Waals surface area contributed by atoms with E-state index in [1.807, 2.05) is 13.8 Å². The molecule has 1 heterocycles. The number of aromatic nitrogens is 1. The molecule has 0 saturated heterocycles. The molecule has 1 aromatic heterocycles. The van der Waals surface area contributed by atoms with Gasteiger partial charge in [0.05, 0.1) is 5.69 Å². The largest absolute Gasteiger partial charge is 0.361 e. The van der Waals surface area contributed by atoms with E-state index in [-0.39, 0.29) is 29.4 Å². The van der Waals surface area contributed by atoms with Crippen molar-refractivity contribution >= 4 is 45.9 Å². The van der Waals surface area contributed by atoms with E-state index >= 15 is 0 Å². The highest BCUT2D eigenvalue weighted by Crippen LogP contribution is 2.48. The first-order valence-corrected chi connectivity index (χ1v) is 8.96. The van der Waals surface area contributed by atoms with Gasteiger partial charge in [0.2, 0.25) is 0 Å². The number of nitrogens with one attached hydrogen (secondary N) is 2. The van der Waals surface area contributed by atoms with Crippen LogP contribution in [0.15, 0.2) is 38.3 Å². The van der Waals surface area contributed by atoms with Gasteiger partial charge in [-0.25, -0.2) is 0 Å². The Balaban J connectivity index is 0.00000225. The quantitative estimate of drug-likeness (QED) is 0.356. The maximum absolute atomic E-state index is 5.20. The van der Waals surface area contributed by atoms with Gasteiger partial charge in [-0.3, -0.25) is 4.99 Å². The molecule has 1 aliphatic carbocycles. The standard InChI is InChI=1S/C18H23BrN4O.HI/c1-12-16(13(2)24-23-12)10-21-17(20-3)22-11-18(7-8-18)14-5-4-6-15(19)9-14;/h4-6,9H,7-8,10-11H2,1-3H3,(H2,20,21,22);1H. The molecule has 136 valence electrons. The number of hydrogen-bond donors (Lipinski definition) is 2. The fraction of sp³-hybridized carbons (Fsp3) is 0.444. The lowest BCUT2D eigenvalue weighted by Crippen LogP contribution is -2.41. The van der Waals surface area contributed by atoms with Crippen LogP contribution in [0.3, 0.4) is 0 Å². The SMILES string of the molecule is CN=C(NCc1c(C)noc1C)NCC1(c2cccc(Br)c2)CC1.I. The second-order valence-electron chi connectivity index (χ2n) is 6.37. The second kappa shape index (κ2) is 8.53. The number of nitrogens with zero attached hydrogens (tertiary/aromatic N) is 2. The van der Waals surface area contributed by atoms with Crippen LogP contribution in [-0.2, 0) is 12.0 Å². The first-order valence-electron chi connectivity index (χ1n) is 8.16. The topological polar surface area (TPSA) is 62.5 Å². The summed E-state index contributed by atoms with van der Waals surface area (Å²) in [6.07, 6.45) is 2.41. The van der Waals surface area contributed by atoms with Gasteiger partial charge in [-0.15, -0.1) is 24.0 Å². The van der Waals surface area contributed by atoms with E-state index in [1.54, 1.807) is 7.05 Å². The fourth-order valence-electron chi connectivity index (χ4n) is 2.94. The molecule has 0 radical (unpaired) electrons. The molecule has 0 unspecified atom stereocenters. The van der Waals surface area contributed by atoms with Gasteiger partial charge < -0.3 is 15.2 Å². The molecule has 0 atom stereocenters. The third kappa shape index (κ3) is 4.75. The number of halogens is 2. The average Bonchev–Trinajstić information content (AvgIpc) is 3.30. The average molecular weight is 519 g/mol. The minimum Gasteiger partial charge on any atom is -0.361 e. The Morgan fingerprint density at radius 2 is 2.08 bits per heavy atom. The van der Waals surface area contributed by atoms with Crippen molar-refractivity contribution in [2.45, 2.75) is 38.6 Å². The summed E-state index contributed by atoms with van der Waals surface area (Å²) in [5, 5.41) is 10.8. The number of hydrogen-bond acceptors (Lipinski definition) is 3. The smallest absolute Gasteiger partial charge is 0.191 e. The normalized spacial score (nSPS) is 15.4. The summed E-state index contributed by atoms with van der Waals surface area (Å²) in [5.74, 6) is 1.65. The van der Waals surface area contributed by atoms with Gasteiger partial charge >= 0.3 is 0 Å². The molecule has 1 fully saturated rings. The van der Waals surface area contributed by atoms with Gasteiger partial charge in [-0.1, -0.05) is 33.2 Å². The predicted molar refractivity (Wildman–Crippen MR) is 115 cm³/mol. The van der Waals surface area contributed by atoms with Gasteiger partial charge in [-0.05, 0) is 44.4 Å². The van der Waals surface area contributed by atoms with Crippen molar-refractivity contribution in [3.63, 3.8) is 0 Å². The lowest BCUT2D eigenvalue weighted by molar-refractivity contribution is 0.392. The van der Waals surface area contributed by atoms with Gasteiger partial charge in [0.1, 0.15) is 5.76 Å². The molecule has 2 aromatic rings. The zero-order valence-electron chi connectivity index (χ0n) is 14.7. The third-order valence-electron chi connectivity index (χ3n) is 4.72. The van der Waals surface area contributed by atoms with E-state index < -0.39 is 0 Å². The van der Waals surface area contributed by atoms with Crippen molar-refractivity contribution in [2.75, 3.05) is 13.6 Å². The van der Waals surface area contributed by atoms with Crippen LogP contribution in [0.25, 0.3) is 0 Å². The van der Waals surface area contributed by atoms with Gasteiger partial charge in [-0.2, -0.15) is 0 Å². The molecule has 7 heteroatoms. The molecule has 0 aliphatic heterocycles. The van der Waals surface area contributed by atoms with E-state index in [0.29, 0.717) is 6.54 Å². The summed E-state index contributed by atoms with van der Waals surface area (Å²) < 4.78 is 6.33. The van der Waals surface area contributed by atoms with E-state index in [4.69, 9.17) is 4.52 Å². The lowest BCUT2D eigenvalue weighted by atomic mass is 9.96. The van der Waals surface area contributed by atoms with E-state index in [1.165, 1.54) is 18.4 Å². The Labute approximate surface area is 174 Å². The van der Waals surface area contributed by atoms with Crippen LogP contribution in [0.4, 0.5) is 0 Å². The number of benzene rings is 1. The van der Waals surface area contributed by atoms with E-state index in [2.05, 4.69) is 61.0 Å². The van der Waals surface area contributed by atoms with E-state index in [0.717, 1.165) is 34.0 Å². The van der Waals surface area contributed by atoms with Crippen molar-refractivity contribution in [3.05, 3.63) is 51.3 Å². The van der Waals surface area contributed by atoms with Crippen molar-refractivity contribution in [1.82, 2.24) is 15.8 Å². The van der Waals surface area contributed by atoms with E-state index in [9.17, 15) is 0 Å². The third-order valence-corrected chi connectivity index (χ3v) is 5.22. The first-order chi connectivity index (χ1) is 11.5. The van der Waals surface area contributed by atoms with Crippen LogP contribution in [0.1, 0.15) is 35.4 Å². The van der Waals surface area contributed by atoms with Gasteiger partial charge in [0, 0.05) is 35.6 Å². The van der Waals surface area contributed by atoms with Crippen LogP contribution >= 0.6 is 39.9 Å². The monoisotopic (exact) mass is 518 g/mol. The molecule has 5 nitrogen and oxygen atoms in total. The van der Waals surface area contributed by atoms with Crippen LogP contribution in [-0.4, -0.2) is 24.7 Å². The summed E-state index contributed by atoms with van der Waals surface area (Å²) in [5.41, 5.74) is 3.62. The maximum atomic E-state index is 5.20. The molecule has 0 amide bonds. The highest BCUT2D eigenvalue weighted by molar-refractivity contribution is 14.0. The van der Waals surface area contributed by atoms with Gasteiger partial charge in [0.15, 0.2) is 5.96 Å². The summed E-state index contributed by atoms with van der Waals surface area (Å²) >= 11 is 3.57. The predicted octanol–water partition coefficient (Wildman–Crippen LogP) is 4.07. The van der Waals surface area contributed by atoms with Crippen molar-refractivity contribution < 1.29 is 4.52 Å². The summed E-state index contributed by atoms with van der Waals surface area (Å²) in [6, 6.07) is 8.59. The molecule has 1 saturated carbocycles. The summed E-state index contributed by atoms with van der Waals surface area (Å²) in [6.45, 7) is 5.42. The zero-order valence-corrected chi connectivity index (χ0v) is 18.6.